The van der Waals surface area contributed by atoms with Gasteiger partial charge in [0.15, 0.2) is 0 Å². The van der Waals surface area contributed by atoms with Crippen molar-refractivity contribution in [3.63, 3.8) is 0 Å². The fourth-order valence-corrected chi connectivity index (χ4v) is 3.56. The number of hydrogen-bond acceptors (Lipinski definition) is 5. The number of carbonyl (C=O) groups is 2. The zero-order valence-electron chi connectivity index (χ0n) is 19.1. The van der Waals surface area contributed by atoms with Crippen LogP contribution in [-0.2, 0) is 15.7 Å². The van der Waals surface area contributed by atoms with E-state index >= 15 is 0 Å². The smallest absolute Gasteiger partial charge is 0.378 e. The van der Waals surface area contributed by atoms with Crippen molar-refractivity contribution in [3.05, 3.63) is 89.6 Å². The maximum Gasteiger partial charge on any atom is 0.416 e. The van der Waals surface area contributed by atoms with Crippen LogP contribution in [0, 0.1) is 0 Å². The summed E-state index contributed by atoms with van der Waals surface area (Å²) < 4.78 is 44.1. The maximum absolute atomic E-state index is 12.9. The van der Waals surface area contributed by atoms with E-state index in [-0.39, 0.29) is 11.5 Å². The van der Waals surface area contributed by atoms with Gasteiger partial charge in [0.05, 0.1) is 30.7 Å². The van der Waals surface area contributed by atoms with E-state index in [4.69, 9.17) is 4.74 Å². The second-order valence-electron chi connectivity index (χ2n) is 7.99. The molecule has 0 unspecified atom stereocenters. The van der Waals surface area contributed by atoms with Crippen LogP contribution in [0.3, 0.4) is 0 Å². The number of anilines is 3. The SMILES string of the molecule is O=C(C=Cc1cccc(NC(=O)c2cccc(C(F)(F)F)c2)c1)Nc1ccc(N2CCOCC2)nc1. The highest BCUT2D eigenvalue weighted by atomic mass is 19.4. The first-order valence-electron chi connectivity index (χ1n) is 11.1. The molecule has 36 heavy (non-hydrogen) atoms. The van der Waals surface area contributed by atoms with Crippen LogP contribution < -0.4 is 15.5 Å². The highest BCUT2D eigenvalue weighted by Crippen LogP contribution is 2.29. The lowest BCUT2D eigenvalue weighted by Crippen LogP contribution is -2.36. The van der Waals surface area contributed by atoms with Crippen LogP contribution in [0.2, 0.25) is 0 Å². The Labute approximate surface area is 205 Å². The Kier molecular flexibility index (Phi) is 7.65. The van der Waals surface area contributed by atoms with Gasteiger partial charge in [0.1, 0.15) is 5.82 Å². The summed E-state index contributed by atoms with van der Waals surface area (Å²) in [6, 6.07) is 14.4. The minimum Gasteiger partial charge on any atom is -0.378 e. The van der Waals surface area contributed by atoms with E-state index in [0.717, 1.165) is 31.0 Å². The third kappa shape index (κ3) is 6.70. The van der Waals surface area contributed by atoms with E-state index in [2.05, 4.69) is 20.5 Å². The largest absolute Gasteiger partial charge is 0.416 e. The number of alkyl halides is 3. The number of nitrogens with zero attached hydrogens (tertiary/aromatic N) is 2. The van der Waals surface area contributed by atoms with Crippen molar-refractivity contribution in [1.29, 1.82) is 0 Å². The van der Waals surface area contributed by atoms with Gasteiger partial charge < -0.3 is 20.3 Å². The molecule has 2 heterocycles. The average Bonchev–Trinajstić information content (AvgIpc) is 2.88. The van der Waals surface area contributed by atoms with Gasteiger partial charge in [-0.25, -0.2) is 4.98 Å². The first-order valence-corrected chi connectivity index (χ1v) is 11.1. The fraction of sp³-hybridized carbons (Fsp3) is 0.192. The summed E-state index contributed by atoms with van der Waals surface area (Å²) in [6.07, 6.45) is -0.0582. The van der Waals surface area contributed by atoms with Gasteiger partial charge in [-0.1, -0.05) is 18.2 Å². The summed E-state index contributed by atoms with van der Waals surface area (Å²) in [6.45, 7) is 2.84. The van der Waals surface area contributed by atoms with Crippen LogP contribution >= 0.6 is 0 Å². The lowest BCUT2D eigenvalue weighted by atomic mass is 10.1. The first kappa shape index (κ1) is 24.9. The molecule has 1 saturated heterocycles. The Morgan fingerprint density at radius 3 is 2.44 bits per heavy atom. The Hall–Kier alpha value is -4.18. The van der Waals surface area contributed by atoms with Crippen molar-refractivity contribution in [2.24, 2.45) is 0 Å². The number of hydrogen-bond donors (Lipinski definition) is 2. The minimum atomic E-state index is -4.54. The van der Waals surface area contributed by atoms with Crippen molar-refractivity contribution in [1.82, 2.24) is 4.98 Å². The number of ether oxygens (including phenoxy) is 1. The molecule has 0 atom stereocenters. The van der Waals surface area contributed by atoms with Crippen LogP contribution in [0.1, 0.15) is 21.5 Å². The molecular formula is C26H23F3N4O3. The molecule has 0 spiro atoms. The second-order valence-corrected chi connectivity index (χ2v) is 7.99. The minimum absolute atomic E-state index is 0.113. The molecule has 0 bridgehead atoms. The van der Waals surface area contributed by atoms with Gasteiger partial charge in [-0.2, -0.15) is 13.2 Å². The van der Waals surface area contributed by atoms with Crippen LogP contribution in [0.15, 0.2) is 72.9 Å². The maximum atomic E-state index is 12.9. The molecule has 186 valence electrons. The zero-order valence-corrected chi connectivity index (χ0v) is 19.1. The number of carbonyl (C=O) groups excluding carboxylic acids is 2. The normalized spacial score (nSPS) is 14.0. The number of amides is 2. The Balaban J connectivity index is 1.35. The predicted octanol–water partition coefficient (Wildman–Crippen LogP) is 4.84. The van der Waals surface area contributed by atoms with Gasteiger partial charge in [-0.15, -0.1) is 0 Å². The Morgan fingerprint density at radius 2 is 1.72 bits per heavy atom. The topological polar surface area (TPSA) is 83.6 Å². The van der Waals surface area contributed by atoms with Gasteiger partial charge in [0.2, 0.25) is 5.91 Å². The van der Waals surface area contributed by atoms with Gasteiger partial charge in [0, 0.05) is 30.4 Å². The summed E-state index contributed by atoms with van der Waals surface area (Å²) in [7, 11) is 0. The molecule has 1 fully saturated rings. The van der Waals surface area contributed by atoms with E-state index in [1.54, 1.807) is 42.6 Å². The summed E-state index contributed by atoms with van der Waals surface area (Å²) in [5, 5.41) is 5.31. The number of nitrogens with one attached hydrogen (secondary N) is 2. The summed E-state index contributed by atoms with van der Waals surface area (Å²) in [4.78, 5) is 31.2. The van der Waals surface area contributed by atoms with Crippen molar-refractivity contribution in [2.45, 2.75) is 6.18 Å². The molecule has 7 nitrogen and oxygen atoms in total. The summed E-state index contributed by atoms with van der Waals surface area (Å²) in [5.74, 6) is -0.224. The van der Waals surface area contributed by atoms with Crippen molar-refractivity contribution in [2.75, 3.05) is 41.8 Å². The summed E-state index contributed by atoms with van der Waals surface area (Å²) >= 11 is 0. The molecule has 4 rings (SSSR count). The van der Waals surface area contributed by atoms with Gasteiger partial charge in [-0.3, -0.25) is 9.59 Å². The van der Waals surface area contributed by atoms with Crippen LogP contribution in [0.25, 0.3) is 6.08 Å². The van der Waals surface area contributed by atoms with Crippen LogP contribution in [0.5, 0.6) is 0 Å². The van der Waals surface area contributed by atoms with E-state index in [1.165, 1.54) is 18.2 Å². The lowest BCUT2D eigenvalue weighted by Gasteiger charge is -2.27. The van der Waals surface area contributed by atoms with Gasteiger partial charge >= 0.3 is 6.18 Å². The van der Waals surface area contributed by atoms with Gasteiger partial charge in [0.25, 0.3) is 5.91 Å². The Bertz CT molecular complexity index is 1250. The molecule has 0 radical (unpaired) electrons. The highest BCUT2D eigenvalue weighted by Gasteiger charge is 2.30. The van der Waals surface area contributed by atoms with E-state index < -0.39 is 17.6 Å². The number of rotatable bonds is 6. The van der Waals surface area contributed by atoms with Crippen LogP contribution in [-0.4, -0.2) is 43.1 Å². The molecule has 2 N–H and O–H groups in total. The number of aromatic nitrogens is 1. The molecule has 3 aromatic rings. The second kappa shape index (κ2) is 11.0. The predicted molar refractivity (Wildman–Crippen MR) is 131 cm³/mol. The number of pyridine rings is 1. The monoisotopic (exact) mass is 496 g/mol. The molecule has 10 heteroatoms. The molecular weight excluding hydrogens is 473 g/mol. The molecule has 1 aromatic heterocycles. The average molecular weight is 496 g/mol. The third-order valence-electron chi connectivity index (χ3n) is 5.37. The van der Waals surface area contributed by atoms with Crippen molar-refractivity contribution < 1.29 is 27.5 Å². The molecule has 0 saturated carbocycles. The quantitative estimate of drug-likeness (QED) is 0.477. The Morgan fingerprint density at radius 1 is 0.944 bits per heavy atom. The number of benzene rings is 2. The third-order valence-corrected chi connectivity index (χ3v) is 5.37. The molecule has 0 aliphatic carbocycles. The standard InChI is InChI=1S/C26H23F3N4O3/c27-26(28,29)20-5-2-4-19(16-20)25(35)32-21-6-1-3-18(15-21)7-10-24(34)31-22-8-9-23(30-17-22)33-11-13-36-14-12-33/h1-10,15-17H,11-14H2,(H,31,34)(H,32,35). The van der Waals surface area contributed by atoms with E-state index in [1.807, 2.05) is 6.07 Å². The molecule has 1 aliphatic heterocycles. The van der Waals surface area contributed by atoms with Crippen molar-refractivity contribution in [3.8, 4) is 0 Å². The number of halogens is 3. The van der Waals surface area contributed by atoms with E-state index in [9.17, 15) is 22.8 Å². The fourth-order valence-electron chi connectivity index (χ4n) is 3.56. The molecule has 1 aliphatic rings. The van der Waals surface area contributed by atoms with Crippen LogP contribution in [0.4, 0.5) is 30.4 Å². The first-order chi connectivity index (χ1) is 17.3. The molecule has 2 amide bonds. The highest BCUT2D eigenvalue weighted by molar-refractivity contribution is 6.05. The van der Waals surface area contributed by atoms with E-state index in [0.29, 0.717) is 30.2 Å². The van der Waals surface area contributed by atoms with Gasteiger partial charge in [-0.05, 0) is 54.1 Å². The van der Waals surface area contributed by atoms with Crippen molar-refractivity contribution >= 4 is 35.1 Å². The summed E-state index contributed by atoms with van der Waals surface area (Å²) in [5.41, 5.74) is 0.529. The zero-order chi connectivity index (χ0) is 25.5. The lowest BCUT2D eigenvalue weighted by molar-refractivity contribution is -0.137. The number of morpholine rings is 1. The molecule has 2 aromatic carbocycles.